The number of rotatable bonds is 3. The summed E-state index contributed by atoms with van der Waals surface area (Å²) < 4.78 is 1.56. The number of allylic oxidation sites excluding steroid dienone is 1. The Kier molecular flexibility index (Phi) is 3.73. The molecule has 0 fully saturated rings. The Morgan fingerprint density at radius 2 is 2.31 bits per heavy atom. The summed E-state index contributed by atoms with van der Waals surface area (Å²) >= 11 is 5.36. The lowest BCUT2D eigenvalue weighted by atomic mass is 10.3. The number of aromatic nitrogens is 1. The van der Waals surface area contributed by atoms with Gasteiger partial charge < -0.3 is 10.3 Å². The summed E-state index contributed by atoms with van der Waals surface area (Å²) in [7, 11) is 0. The van der Waals surface area contributed by atoms with Crippen molar-refractivity contribution in [3.05, 3.63) is 45.9 Å². The van der Waals surface area contributed by atoms with Crippen molar-refractivity contribution in [2.24, 2.45) is 5.73 Å². The lowest BCUT2D eigenvalue weighted by Crippen LogP contribution is -2.18. The molecule has 0 saturated heterocycles. The van der Waals surface area contributed by atoms with Crippen LogP contribution in [0.25, 0.3) is 0 Å². The molecule has 0 aromatic carbocycles. The third-order valence-corrected chi connectivity index (χ3v) is 1.85. The van der Waals surface area contributed by atoms with E-state index in [4.69, 9.17) is 17.3 Å². The first-order valence-corrected chi connectivity index (χ1v) is 4.36. The van der Waals surface area contributed by atoms with E-state index >= 15 is 0 Å². The highest BCUT2D eigenvalue weighted by atomic mass is 35.5. The molecular formula is C9H11ClN2O. The number of nitrogens with two attached hydrogens (primary N) is 1. The van der Waals surface area contributed by atoms with Gasteiger partial charge >= 0.3 is 0 Å². The van der Waals surface area contributed by atoms with E-state index < -0.39 is 0 Å². The van der Waals surface area contributed by atoms with E-state index in [1.54, 1.807) is 22.9 Å². The van der Waals surface area contributed by atoms with E-state index in [9.17, 15) is 4.79 Å². The van der Waals surface area contributed by atoms with Crippen molar-refractivity contribution in [2.75, 3.05) is 0 Å². The highest BCUT2D eigenvalue weighted by Gasteiger charge is 1.94. The van der Waals surface area contributed by atoms with Gasteiger partial charge in [-0.15, -0.1) is 0 Å². The monoisotopic (exact) mass is 198 g/mol. The van der Waals surface area contributed by atoms with Crippen LogP contribution >= 0.6 is 11.6 Å². The third-order valence-electron chi connectivity index (χ3n) is 1.67. The molecule has 1 heterocycles. The number of pyridine rings is 1. The molecule has 2 N–H and O–H groups in total. The molecule has 13 heavy (non-hydrogen) atoms. The summed E-state index contributed by atoms with van der Waals surface area (Å²) in [6.07, 6.45) is 3.43. The smallest absolute Gasteiger partial charge is 0.250 e. The number of hydrogen-bond acceptors (Lipinski definition) is 2. The van der Waals surface area contributed by atoms with Gasteiger partial charge in [-0.2, -0.15) is 0 Å². The minimum absolute atomic E-state index is 0.0491. The van der Waals surface area contributed by atoms with Crippen LogP contribution in [-0.4, -0.2) is 4.57 Å². The first kappa shape index (κ1) is 10.0. The zero-order valence-corrected chi connectivity index (χ0v) is 7.87. The minimum Gasteiger partial charge on any atom is -0.326 e. The van der Waals surface area contributed by atoms with Crippen molar-refractivity contribution in [1.29, 1.82) is 0 Å². The molecule has 0 unspecified atom stereocenters. The summed E-state index contributed by atoms with van der Waals surface area (Å²) in [5.74, 6) is 0. The van der Waals surface area contributed by atoms with E-state index in [0.29, 0.717) is 13.1 Å². The zero-order valence-electron chi connectivity index (χ0n) is 7.11. The molecule has 70 valence electrons. The van der Waals surface area contributed by atoms with Crippen LogP contribution < -0.4 is 11.3 Å². The molecular weight excluding hydrogens is 188 g/mol. The minimum atomic E-state index is -0.0491. The maximum atomic E-state index is 11.2. The molecule has 0 aliphatic heterocycles. The molecule has 0 atom stereocenters. The SMILES string of the molecule is NCc1ccc(=O)n(C/C=C/Cl)c1. The van der Waals surface area contributed by atoms with Gasteiger partial charge in [0.1, 0.15) is 0 Å². The van der Waals surface area contributed by atoms with Gasteiger partial charge in [0, 0.05) is 30.9 Å². The molecule has 0 radical (unpaired) electrons. The van der Waals surface area contributed by atoms with Gasteiger partial charge in [0.05, 0.1) is 0 Å². The average molecular weight is 199 g/mol. The van der Waals surface area contributed by atoms with Crippen molar-refractivity contribution in [3.8, 4) is 0 Å². The molecule has 0 aliphatic carbocycles. The van der Waals surface area contributed by atoms with Crippen LogP contribution in [0.3, 0.4) is 0 Å². The van der Waals surface area contributed by atoms with Crippen LogP contribution in [0.1, 0.15) is 5.56 Å². The van der Waals surface area contributed by atoms with E-state index in [1.165, 1.54) is 11.6 Å². The van der Waals surface area contributed by atoms with Gasteiger partial charge in [-0.1, -0.05) is 23.7 Å². The average Bonchev–Trinajstić information content (AvgIpc) is 2.17. The Morgan fingerprint density at radius 3 is 2.92 bits per heavy atom. The number of hydrogen-bond donors (Lipinski definition) is 1. The quantitative estimate of drug-likeness (QED) is 0.790. The Bertz CT molecular complexity index is 357. The molecule has 0 aliphatic rings. The number of halogens is 1. The van der Waals surface area contributed by atoms with Crippen LogP contribution in [0.5, 0.6) is 0 Å². The topological polar surface area (TPSA) is 48.0 Å². The number of nitrogens with zero attached hydrogens (tertiary/aromatic N) is 1. The molecule has 0 saturated carbocycles. The Morgan fingerprint density at radius 1 is 1.54 bits per heavy atom. The molecule has 4 heteroatoms. The lowest BCUT2D eigenvalue weighted by molar-refractivity contribution is 0.766. The maximum absolute atomic E-state index is 11.2. The zero-order chi connectivity index (χ0) is 9.68. The Balaban J connectivity index is 2.97. The van der Waals surface area contributed by atoms with Crippen molar-refractivity contribution < 1.29 is 0 Å². The largest absolute Gasteiger partial charge is 0.326 e. The molecule has 1 aromatic rings. The molecule has 1 rings (SSSR count). The second-order valence-corrected chi connectivity index (χ2v) is 2.85. The summed E-state index contributed by atoms with van der Waals surface area (Å²) in [5.41, 5.74) is 7.71. The molecule has 1 aromatic heterocycles. The van der Waals surface area contributed by atoms with Gasteiger partial charge in [-0.3, -0.25) is 4.79 Å². The van der Waals surface area contributed by atoms with Gasteiger partial charge in [-0.05, 0) is 5.56 Å². The Labute approximate surface area is 81.4 Å². The fourth-order valence-corrected chi connectivity index (χ4v) is 1.08. The molecule has 0 bridgehead atoms. The van der Waals surface area contributed by atoms with Gasteiger partial charge in [-0.25, -0.2) is 0 Å². The first-order valence-electron chi connectivity index (χ1n) is 3.92. The van der Waals surface area contributed by atoms with Crippen molar-refractivity contribution in [3.63, 3.8) is 0 Å². The summed E-state index contributed by atoms with van der Waals surface area (Å²) in [6, 6.07) is 3.23. The predicted octanol–water partition coefficient (Wildman–Crippen LogP) is 1.06. The van der Waals surface area contributed by atoms with Crippen molar-refractivity contribution in [2.45, 2.75) is 13.1 Å². The van der Waals surface area contributed by atoms with Gasteiger partial charge in [0.2, 0.25) is 0 Å². The van der Waals surface area contributed by atoms with Gasteiger partial charge in [0.25, 0.3) is 5.56 Å². The van der Waals surface area contributed by atoms with E-state index in [0.717, 1.165) is 5.56 Å². The third kappa shape index (κ3) is 2.72. The first-order chi connectivity index (χ1) is 6.27. The highest BCUT2D eigenvalue weighted by molar-refractivity contribution is 6.25. The van der Waals surface area contributed by atoms with E-state index in [2.05, 4.69) is 0 Å². The van der Waals surface area contributed by atoms with E-state index in [-0.39, 0.29) is 5.56 Å². The molecule has 3 nitrogen and oxygen atoms in total. The van der Waals surface area contributed by atoms with Crippen LogP contribution in [0.4, 0.5) is 0 Å². The summed E-state index contributed by atoms with van der Waals surface area (Å²) in [4.78, 5) is 11.2. The van der Waals surface area contributed by atoms with Crippen LogP contribution in [0.15, 0.2) is 34.7 Å². The van der Waals surface area contributed by atoms with Crippen LogP contribution in [0, 0.1) is 0 Å². The molecule has 0 spiro atoms. The Hall–Kier alpha value is -1.06. The fraction of sp³-hybridized carbons (Fsp3) is 0.222. The van der Waals surface area contributed by atoms with Crippen molar-refractivity contribution >= 4 is 11.6 Å². The summed E-state index contributed by atoms with van der Waals surface area (Å²) in [5, 5.41) is 0. The van der Waals surface area contributed by atoms with Crippen LogP contribution in [-0.2, 0) is 13.1 Å². The summed E-state index contributed by atoms with van der Waals surface area (Å²) in [6.45, 7) is 0.918. The second kappa shape index (κ2) is 4.84. The highest BCUT2D eigenvalue weighted by Crippen LogP contribution is 1.94. The fourth-order valence-electron chi connectivity index (χ4n) is 0.998. The van der Waals surface area contributed by atoms with E-state index in [1.807, 2.05) is 0 Å². The maximum Gasteiger partial charge on any atom is 0.250 e. The van der Waals surface area contributed by atoms with Crippen LogP contribution in [0.2, 0.25) is 0 Å². The van der Waals surface area contributed by atoms with Crippen molar-refractivity contribution in [1.82, 2.24) is 4.57 Å². The second-order valence-electron chi connectivity index (χ2n) is 2.59. The van der Waals surface area contributed by atoms with Gasteiger partial charge in [0.15, 0.2) is 0 Å². The normalized spacial score (nSPS) is 10.9. The lowest BCUT2D eigenvalue weighted by Gasteiger charge is -2.03. The standard InChI is InChI=1S/C9H11ClN2O/c10-4-1-5-12-7-8(6-11)2-3-9(12)13/h1-4,7H,5-6,11H2/b4-1+. The predicted molar refractivity (Wildman–Crippen MR) is 53.6 cm³/mol. The molecule has 0 amide bonds.